The molecule has 2 nitrogen and oxygen atoms in total. The Labute approximate surface area is 94.7 Å². The fraction of sp³-hybridized carbons (Fsp3) is 1.00. The number of aliphatic hydroxyl groups excluding tert-OH is 1. The van der Waals surface area contributed by atoms with Gasteiger partial charge in [-0.05, 0) is 43.9 Å². The molecule has 0 amide bonds. The molecule has 0 aromatic carbocycles. The van der Waals surface area contributed by atoms with E-state index in [-0.39, 0.29) is 6.61 Å². The van der Waals surface area contributed by atoms with E-state index in [1.54, 1.807) is 0 Å². The van der Waals surface area contributed by atoms with Gasteiger partial charge in [0, 0.05) is 6.61 Å². The van der Waals surface area contributed by atoms with Crippen LogP contribution in [0, 0.1) is 11.8 Å². The van der Waals surface area contributed by atoms with E-state index in [1.807, 2.05) is 0 Å². The van der Waals surface area contributed by atoms with Crippen LogP contribution in [-0.4, -0.2) is 22.4 Å². The second-order valence-electron chi connectivity index (χ2n) is 5.56. The summed E-state index contributed by atoms with van der Waals surface area (Å²) in [6.45, 7) is 8.76. The van der Waals surface area contributed by atoms with E-state index >= 15 is 0 Å². The molecule has 0 radical (unpaired) electrons. The molecule has 0 rings (SSSR count). The van der Waals surface area contributed by atoms with Gasteiger partial charge in [0.2, 0.25) is 0 Å². The second-order valence-corrected chi connectivity index (χ2v) is 5.56. The van der Waals surface area contributed by atoms with Crippen molar-refractivity contribution in [1.82, 2.24) is 0 Å². The normalized spacial score (nSPS) is 12.8. The largest absolute Gasteiger partial charge is 0.396 e. The summed E-state index contributed by atoms with van der Waals surface area (Å²) in [4.78, 5) is 0. The molecular weight excluding hydrogens is 188 g/mol. The van der Waals surface area contributed by atoms with Gasteiger partial charge in [-0.3, -0.25) is 0 Å². The van der Waals surface area contributed by atoms with E-state index in [4.69, 9.17) is 5.11 Å². The van der Waals surface area contributed by atoms with Crippen molar-refractivity contribution in [2.45, 2.75) is 65.4 Å². The summed E-state index contributed by atoms with van der Waals surface area (Å²) in [6.07, 6.45) is 4.23. The second kappa shape index (κ2) is 7.24. The molecule has 0 aliphatic heterocycles. The van der Waals surface area contributed by atoms with Crippen LogP contribution in [0.1, 0.15) is 59.8 Å². The minimum atomic E-state index is -0.636. The first-order valence-electron chi connectivity index (χ1n) is 6.23. The molecule has 0 heterocycles. The molecule has 0 saturated heterocycles. The zero-order valence-electron chi connectivity index (χ0n) is 10.8. The highest BCUT2D eigenvalue weighted by Crippen LogP contribution is 2.27. The van der Waals surface area contributed by atoms with Crippen LogP contribution in [0.2, 0.25) is 0 Å². The molecule has 0 atom stereocenters. The lowest BCUT2D eigenvalue weighted by molar-refractivity contribution is -0.00812. The smallest absolute Gasteiger partial charge is 0.0669 e. The van der Waals surface area contributed by atoms with E-state index in [0.717, 1.165) is 25.7 Å². The van der Waals surface area contributed by atoms with Gasteiger partial charge >= 0.3 is 0 Å². The molecule has 2 N–H and O–H groups in total. The Morgan fingerprint density at radius 3 is 1.53 bits per heavy atom. The van der Waals surface area contributed by atoms with Gasteiger partial charge in [-0.2, -0.15) is 0 Å². The average molecular weight is 216 g/mol. The van der Waals surface area contributed by atoms with Crippen molar-refractivity contribution in [3.05, 3.63) is 0 Å². The summed E-state index contributed by atoms with van der Waals surface area (Å²) >= 11 is 0. The van der Waals surface area contributed by atoms with Gasteiger partial charge in [-0.15, -0.1) is 0 Å². The van der Waals surface area contributed by atoms with Gasteiger partial charge in [0.1, 0.15) is 0 Å². The van der Waals surface area contributed by atoms with Crippen molar-refractivity contribution < 1.29 is 10.2 Å². The third-order valence-corrected chi connectivity index (χ3v) is 2.95. The third-order valence-electron chi connectivity index (χ3n) is 2.95. The van der Waals surface area contributed by atoms with Crippen molar-refractivity contribution in [1.29, 1.82) is 0 Å². The molecule has 0 aliphatic carbocycles. The maximum Gasteiger partial charge on any atom is 0.0669 e. The van der Waals surface area contributed by atoms with Crippen LogP contribution in [0.4, 0.5) is 0 Å². The number of rotatable bonds is 8. The lowest BCUT2D eigenvalue weighted by Gasteiger charge is -2.29. The Hall–Kier alpha value is -0.0800. The van der Waals surface area contributed by atoms with E-state index in [1.165, 1.54) is 0 Å². The van der Waals surface area contributed by atoms with Crippen LogP contribution in [0.3, 0.4) is 0 Å². The molecule has 15 heavy (non-hydrogen) atoms. The minimum Gasteiger partial charge on any atom is -0.396 e. The molecule has 0 aliphatic rings. The van der Waals surface area contributed by atoms with Crippen molar-refractivity contribution in [2.24, 2.45) is 11.8 Å². The SMILES string of the molecule is CC(C)CCC(O)(CCO)CCC(C)C. The standard InChI is InChI=1S/C13H28O2/c1-11(2)5-7-13(15,9-10-14)8-6-12(3)4/h11-12,14-15H,5-10H2,1-4H3. The quantitative estimate of drug-likeness (QED) is 0.655. The highest BCUT2D eigenvalue weighted by Gasteiger charge is 2.26. The van der Waals surface area contributed by atoms with E-state index in [9.17, 15) is 5.11 Å². The zero-order chi connectivity index (χ0) is 11.9. The number of hydrogen-bond acceptors (Lipinski definition) is 2. The molecule has 0 spiro atoms. The van der Waals surface area contributed by atoms with Crippen molar-refractivity contribution >= 4 is 0 Å². The van der Waals surface area contributed by atoms with Gasteiger partial charge in [-0.25, -0.2) is 0 Å². The summed E-state index contributed by atoms with van der Waals surface area (Å²) in [5.41, 5.74) is -0.636. The first kappa shape index (κ1) is 14.9. The van der Waals surface area contributed by atoms with Gasteiger partial charge in [0.25, 0.3) is 0 Å². The Balaban J connectivity index is 4.05. The average Bonchev–Trinajstić information content (AvgIpc) is 2.13. The Kier molecular flexibility index (Phi) is 7.20. The maximum atomic E-state index is 10.3. The minimum absolute atomic E-state index is 0.0900. The summed E-state index contributed by atoms with van der Waals surface area (Å²) in [7, 11) is 0. The van der Waals surface area contributed by atoms with Crippen LogP contribution in [-0.2, 0) is 0 Å². The lowest BCUT2D eigenvalue weighted by atomic mass is 9.85. The Morgan fingerprint density at radius 1 is 0.867 bits per heavy atom. The van der Waals surface area contributed by atoms with Crippen molar-refractivity contribution in [3.63, 3.8) is 0 Å². The molecule has 0 fully saturated rings. The monoisotopic (exact) mass is 216 g/mol. The van der Waals surface area contributed by atoms with E-state index in [2.05, 4.69) is 27.7 Å². The summed E-state index contributed by atoms with van der Waals surface area (Å²) in [6, 6.07) is 0. The maximum absolute atomic E-state index is 10.3. The number of aliphatic hydroxyl groups is 2. The summed E-state index contributed by atoms with van der Waals surface area (Å²) < 4.78 is 0. The molecule has 0 aromatic rings. The number of hydrogen-bond donors (Lipinski definition) is 2. The van der Waals surface area contributed by atoms with Crippen molar-refractivity contribution in [2.75, 3.05) is 6.61 Å². The molecule has 0 unspecified atom stereocenters. The predicted octanol–water partition coefficient (Wildman–Crippen LogP) is 2.97. The van der Waals surface area contributed by atoms with Crippen LogP contribution >= 0.6 is 0 Å². The van der Waals surface area contributed by atoms with Crippen molar-refractivity contribution in [3.8, 4) is 0 Å². The van der Waals surface area contributed by atoms with E-state index < -0.39 is 5.60 Å². The van der Waals surface area contributed by atoms with Gasteiger partial charge < -0.3 is 10.2 Å². The topological polar surface area (TPSA) is 40.5 Å². The van der Waals surface area contributed by atoms with Gasteiger partial charge in [-0.1, -0.05) is 27.7 Å². The fourth-order valence-corrected chi connectivity index (χ4v) is 1.70. The summed E-state index contributed by atoms with van der Waals surface area (Å²) in [5.74, 6) is 1.24. The molecular formula is C13H28O2. The molecule has 0 saturated carbocycles. The van der Waals surface area contributed by atoms with Gasteiger partial charge in [0.05, 0.1) is 5.60 Å². The molecule has 0 bridgehead atoms. The van der Waals surface area contributed by atoms with Crippen LogP contribution < -0.4 is 0 Å². The van der Waals surface area contributed by atoms with Crippen LogP contribution in [0.25, 0.3) is 0 Å². The Bertz CT molecular complexity index is 141. The lowest BCUT2D eigenvalue weighted by Crippen LogP contribution is -2.31. The third kappa shape index (κ3) is 7.80. The van der Waals surface area contributed by atoms with E-state index in [0.29, 0.717) is 18.3 Å². The zero-order valence-corrected chi connectivity index (χ0v) is 10.8. The molecule has 2 heteroatoms. The first-order chi connectivity index (χ1) is 6.89. The first-order valence-corrected chi connectivity index (χ1v) is 6.23. The van der Waals surface area contributed by atoms with Crippen LogP contribution in [0.5, 0.6) is 0 Å². The highest BCUT2D eigenvalue weighted by atomic mass is 16.3. The molecule has 92 valence electrons. The van der Waals surface area contributed by atoms with Gasteiger partial charge in [0.15, 0.2) is 0 Å². The fourth-order valence-electron chi connectivity index (χ4n) is 1.70. The predicted molar refractivity (Wildman–Crippen MR) is 64.8 cm³/mol. The Morgan fingerprint density at radius 2 is 1.27 bits per heavy atom. The van der Waals surface area contributed by atoms with Crippen LogP contribution in [0.15, 0.2) is 0 Å². The summed E-state index contributed by atoms with van der Waals surface area (Å²) in [5, 5.41) is 19.3. The molecule has 0 aromatic heterocycles. The highest BCUT2D eigenvalue weighted by molar-refractivity contribution is 4.79.